The topological polar surface area (TPSA) is 70.7 Å². The Balaban J connectivity index is 1.83. The molecule has 0 atom stereocenters. The zero-order valence-corrected chi connectivity index (χ0v) is 12.8. The minimum Gasteiger partial charge on any atom is -0.481 e. The molecule has 24 heavy (non-hydrogen) atoms. The number of ether oxygens (including phenoxy) is 1. The molecule has 0 saturated carbocycles. The van der Waals surface area contributed by atoms with E-state index in [4.69, 9.17) is 4.74 Å². The Hall–Kier alpha value is -2.91. The number of aromatic nitrogens is 6. The molecule has 0 aliphatic carbocycles. The normalized spacial score (nSPS) is 11.7. The summed E-state index contributed by atoms with van der Waals surface area (Å²) in [5.41, 5.74) is 0.473. The van der Waals surface area contributed by atoms with Crippen LogP contribution in [-0.4, -0.2) is 36.9 Å². The van der Waals surface area contributed by atoms with Gasteiger partial charge in [0.05, 0.1) is 31.2 Å². The van der Waals surface area contributed by atoms with Gasteiger partial charge in [0.15, 0.2) is 5.69 Å². The monoisotopic (exact) mass is 338 g/mol. The smallest absolute Gasteiger partial charge is 0.435 e. The Morgan fingerprint density at radius 1 is 1.21 bits per heavy atom. The van der Waals surface area contributed by atoms with Gasteiger partial charge in [0.2, 0.25) is 5.88 Å². The van der Waals surface area contributed by atoms with Crippen molar-refractivity contribution >= 4 is 0 Å². The molecule has 0 bridgehead atoms. The maximum absolute atomic E-state index is 12.7. The predicted octanol–water partition coefficient (Wildman–Crippen LogP) is 2.15. The van der Waals surface area contributed by atoms with E-state index in [9.17, 15) is 13.2 Å². The Morgan fingerprint density at radius 2 is 2.00 bits per heavy atom. The van der Waals surface area contributed by atoms with Crippen molar-refractivity contribution in [1.82, 2.24) is 29.8 Å². The van der Waals surface area contributed by atoms with E-state index in [1.165, 1.54) is 23.5 Å². The molecule has 3 aromatic heterocycles. The lowest BCUT2D eigenvalue weighted by Gasteiger charge is -2.01. The van der Waals surface area contributed by atoms with Gasteiger partial charge in [-0.25, -0.2) is 9.67 Å². The molecule has 3 aromatic rings. The van der Waals surface area contributed by atoms with Crippen molar-refractivity contribution in [3.63, 3.8) is 0 Å². The van der Waals surface area contributed by atoms with Crippen LogP contribution in [0.2, 0.25) is 0 Å². The quantitative estimate of drug-likeness (QED) is 0.729. The number of aryl methyl sites for hydroxylation is 1. The van der Waals surface area contributed by atoms with Crippen molar-refractivity contribution in [2.24, 2.45) is 7.05 Å². The van der Waals surface area contributed by atoms with Gasteiger partial charge in [-0.1, -0.05) is 11.3 Å². The molecule has 7 nitrogen and oxygen atoms in total. The van der Waals surface area contributed by atoms with Crippen molar-refractivity contribution in [3.8, 4) is 17.3 Å². The first-order valence-electron chi connectivity index (χ1n) is 6.88. The van der Waals surface area contributed by atoms with Crippen LogP contribution in [0.15, 0.2) is 30.5 Å². The van der Waals surface area contributed by atoms with Gasteiger partial charge in [0.25, 0.3) is 0 Å². The van der Waals surface area contributed by atoms with E-state index in [0.717, 1.165) is 6.07 Å². The molecule has 3 rings (SSSR count). The number of rotatable bonds is 4. The number of hydrogen-bond acceptors (Lipinski definition) is 5. The summed E-state index contributed by atoms with van der Waals surface area (Å²) in [5.74, 6) is 0.434. The lowest BCUT2D eigenvalue weighted by molar-refractivity contribution is -0.141. The molecular formula is C14H13F3N6O. The third-order valence-electron chi connectivity index (χ3n) is 3.32. The number of methoxy groups -OCH3 is 1. The van der Waals surface area contributed by atoms with Gasteiger partial charge in [-0.3, -0.25) is 4.68 Å². The van der Waals surface area contributed by atoms with Gasteiger partial charge in [-0.15, -0.1) is 5.10 Å². The lowest BCUT2D eigenvalue weighted by Crippen LogP contribution is -2.07. The summed E-state index contributed by atoms with van der Waals surface area (Å²) >= 11 is 0. The molecule has 0 radical (unpaired) electrons. The molecule has 0 aliphatic rings. The number of hydrogen-bond donors (Lipinski definition) is 0. The molecule has 0 fully saturated rings. The van der Waals surface area contributed by atoms with Crippen LogP contribution in [0.3, 0.4) is 0 Å². The molecule has 0 aliphatic heterocycles. The third-order valence-corrected chi connectivity index (χ3v) is 3.32. The van der Waals surface area contributed by atoms with Gasteiger partial charge in [-0.05, 0) is 12.1 Å². The fourth-order valence-corrected chi connectivity index (χ4v) is 2.12. The molecule has 3 heterocycles. The number of nitrogens with zero attached hydrogens (tertiary/aromatic N) is 6. The maximum atomic E-state index is 12.7. The molecule has 0 amide bonds. The fourth-order valence-electron chi connectivity index (χ4n) is 2.12. The lowest BCUT2D eigenvalue weighted by atomic mass is 10.3. The van der Waals surface area contributed by atoms with Crippen molar-refractivity contribution in [3.05, 3.63) is 41.9 Å². The summed E-state index contributed by atoms with van der Waals surface area (Å²) < 4.78 is 45.7. The number of alkyl halides is 3. The van der Waals surface area contributed by atoms with Crippen LogP contribution in [0.5, 0.6) is 5.88 Å². The highest BCUT2D eigenvalue weighted by Crippen LogP contribution is 2.28. The molecule has 0 aromatic carbocycles. The fraction of sp³-hybridized carbons (Fsp3) is 0.286. The second kappa shape index (κ2) is 5.95. The van der Waals surface area contributed by atoms with E-state index in [-0.39, 0.29) is 6.54 Å². The second-order valence-electron chi connectivity index (χ2n) is 5.01. The molecule has 126 valence electrons. The van der Waals surface area contributed by atoms with Crippen LogP contribution in [0.4, 0.5) is 13.2 Å². The summed E-state index contributed by atoms with van der Waals surface area (Å²) in [4.78, 5) is 4.23. The molecule has 0 saturated heterocycles. The van der Waals surface area contributed by atoms with Gasteiger partial charge in [0, 0.05) is 13.1 Å². The van der Waals surface area contributed by atoms with Gasteiger partial charge >= 0.3 is 6.18 Å². The zero-order valence-electron chi connectivity index (χ0n) is 12.8. The van der Waals surface area contributed by atoms with E-state index >= 15 is 0 Å². The van der Waals surface area contributed by atoms with Crippen molar-refractivity contribution in [1.29, 1.82) is 0 Å². The first-order chi connectivity index (χ1) is 11.4. The van der Waals surface area contributed by atoms with Crippen LogP contribution in [0.25, 0.3) is 11.4 Å². The minimum atomic E-state index is -4.48. The largest absolute Gasteiger partial charge is 0.481 e. The van der Waals surface area contributed by atoms with E-state index in [2.05, 4.69) is 20.4 Å². The van der Waals surface area contributed by atoms with E-state index in [0.29, 0.717) is 23.0 Å². The van der Waals surface area contributed by atoms with E-state index < -0.39 is 11.9 Å². The highest BCUT2D eigenvalue weighted by molar-refractivity contribution is 5.52. The van der Waals surface area contributed by atoms with E-state index in [1.54, 1.807) is 24.4 Å². The first kappa shape index (κ1) is 16.0. The van der Waals surface area contributed by atoms with Gasteiger partial charge in [0.1, 0.15) is 5.69 Å². The van der Waals surface area contributed by atoms with Gasteiger partial charge < -0.3 is 4.74 Å². The second-order valence-corrected chi connectivity index (χ2v) is 5.01. The Morgan fingerprint density at radius 3 is 2.67 bits per heavy atom. The number of pyridine rings is 1. The van der Waals surface area contributed by atoms with Gasteiger partial charge in [-0.2, -0.15) is 18.3 Å². The van der Waals surface area contributed by atoms with Crippen molar-refractivity contribution in [2.45, 2.75) is 12.7 Å². The summed E-state index contributed by atoms with van der Waals surface area (Å²) in [6.45, 7) is 0.108. The number of halogens is 3. The average Bonchev–Trinajstić information content (AvgIpc) is 3.15. The van der Waals surface area contributed by atoms with Crippen molar-refractivity contribution in [2.75, 3.05) is 7.11 Å². The van der Waals surface area contributed by atoms with Crippen LogP contribution in [-0.2, 0) is 19.8 Å². The van der Waals surface area contributed by atoms with Crippen LogP contribution in [0, 0.1) is 0 Å². The van der Waals surface area contributed by atoms with Crippen LogP contribution >= 0.6 is 0 Å². The summed E-state index contributed by atoms with van der Waals surface area (Å²) in [6.07, 6.45) is -2.88. The molecular weight excluding hydrogens is 325 g/mol. The predicted molar refractivity (Wildman–Crippen MR) is 77.1 cm³/mol. The first-order valence-corrected chi connectivity index (χ1v) is 6.88. The highest BCUT2D eigenvalue weighted by Gasteiger charge is 2.34. The summed E-state index contributed by atoms with van der Waals surface area (Å²) in [5, 5.41) is 11.4. The third kappa shape index (κ3) is 3.21. The Bertz CT molecular complexity index is 854. The summed E-state index contributed by atoms with van der Waals surface area (Å²) in [6, 6.07) is 6.19. The average molecular weight is 338 g/mol. The maximum Gasteiger partial charge on any atom is 0.435 e. The van der Waals surface area contributed by atoms with Crippen molar-refractivity contribution < 1.29 is 17.9 Å². The molecule has 0 unspecified atom stereocenters. The molecule has 0 N–H and O–H groups in total. The standard InChI is InChI=1S/C14H13F3N6O/c1-22-9(6-12(20-22)14(15,16)17)7-23-8-11(19-21-23)10-4-3-5-13(18-10)24-2/h3-6,8H,7H2,1-2H3. The SMILES string of the molecule is COc1cccc(-c2cn(Cc3cc(C(F)(F)F)nn3C)nn2)n1. The molecule has 0 spiro atoms. The molecule has 10 heteroatoms. The van der Waals surface area contributed by atoms with Crippen LogP contribution < -0.4 is 4.74 Å². The minimum absolute atomic E-state index is 0.108. The zero-order chi connectivity index (χ0) is 17.3. The Kier molecular flexibility index (Phi) is 3.96. The Labute approximate surface area is 134 Å². The summed E-state index contributed by atoms with van der Waals surface area (Å²) in [7, 11) is 2.95. The van der Waals surface area contributed by atoms with Crippen LogP contribution in [0.1, 0.15) is 11.4 Å². The van der Waals surface area contributed by atoms with E-state index in [1.807, 2.05) is 0 Å². The highest BCUT2D eigenvalue weighted by atomic mass is 19.4.